The summed E-state index contributed by atoms with van der Waals surface area (Å²) in [4.78, 5) is 15.6. The Bertz CT molecular complexity index is 1130. The largest absolute Gasteiger partial charge is 0.383 e. The summed E-state index contributed by atoms with van der Waals surface area (Å²) in [5, 5.41) is 11.2. The van der Waals surface area contributed by atoms with E-state index in [2.05, 4.69) is 79.6 Å². The molecule has 4 rings (SSSR count). The lowest BCUT2D eigenvalue weighted by atomic mass is 9.92. The first-order chi connectivity index (χ1) is 16.7. The molecule has 1 aliphatic rings. The van der Waals surface area contributed by atoms with Gasteiger partial charge >= 0.3 is 6.03 Å². The number of carbonyl (C=O) groups is 1. The third-order valence-electron chi connectivity index (χ3n) is 6.55. The van der Waals surface area contributed by atoms with Crippen LogP contribution in [0.1, 0.15) is 43.5 Å². The van der Waals surface area contributed by atoms with Crippen LogP contribution in [0.5, 0.6) is 0 Å². The fourth-order valence-electron chi connectivity index (χ4n) is 4.51. The molecule has 7 nitrogen and oxygen atoms in total. The van der Waals surface area contributed by atoms with Gasteiger partial charge in [-0.05, 0) is 24.6 Å². The highest BCUT2D eigenvalue weighted by molar-refractivity contribution is 5.89. The van der Waals surface area contributed by atoms with E-state index in [-0.39, 0.29) is 35.8 Å². The van der Waals surface area contributed by atoms with Gasteiger partial charge in [-0.3, -0.25) is 10.2 Å². The number of hydrogen-bond acceptors (Lipinski definition) is 4. The lowest BCUT2D eigenvalue weighted by molar-refractivity contribution is 0.159. The number of halogens is 1. The molecule has 0 unspecified atom stereocenters. The molecule has 1 saturated heterocycles. The summed E-state index contributed by atoms with van der Waals surface area (Å²) in [5.41, 5.74) is 4.10. The zero-order valence-corrected chi connectivity index (χ0v) is 22.6. The average molecular weight is 512 g/mol. The molecule has 2 amide bonds. The minimum atomic E-state index is -0.224. The van der Waals surface area contributed by atoms with E-state index in [9.17, 15) is 4.79 Å². The zero-order valence-electron chi connectivity index (χ0n) is 21.8. The van der Waals surface area contributed by atoms with Crippen LogP contribution in [0.25, 0.3) is 5.69 Å². The first-order valence-electron chi connectivity index (χ1n) is 12.3. The number of methoxy groups -OCH3 is 1. The van der Waals surface area contributed by atoms with Crippen molar-refractivity contribution in [3.05, 3.63) is 77.5 Å². The standard InChI is InChI=1S/C28H37N5O2.ClH/c1-20-11-13-22(14-12-20)33-26(17-25(31-33)28(2,3)4)30-27(34)29-24-19-32(15-16-35-5)18-23(24)21-9-7-6-8-10-21;/h6-14,17,23-24H,15-16,18-19H2,1-5H3,(H2,29,30,34);1H/t23-,24+;/m0./s1. The van der Waals surface area contributed by atoms with Crippen molar-refractivity contribution in [2.45, 2.75) is 45.1 Å². The number of urea groups is 1. The molecule has 1 aromatic heterocycles. The maximum atomic E-state index is 13.3. The van der Waals surface area contributed by atoms with Crippen LogP contribution in [0.4, 0.5) is 10.6 Å². The number of aryl methyl sites for hydroxylation is 1. The fourth-order valence-corrected chi connectivity index (χ4v) is 4.51. The molecule has 2 heterocycles. The van der Waals surface area contributed by atoms with Crippen LogP contribution in [0.2, 0.25) is 0 Å². The van der Waals surface area contributed by atoms with E-state index in [4.69, 9.17) is 9.84 Å². The molecular formula is C28H38ClN5O2. The van der Waals surface area contributed by atoms with E-state index in [1.165, 1.54) is 11.1 Å². The number of carbonyl (C=O) groups excluding carboxylic acids is 1. The lowest BCUT2D eigenvalue weighted by Crippen LogP contribution is -2.42. The van der Waals surface area contributed by atoms with Crippen molar-refractivity contribution in [3.8, 4) is 5.69 Å². The Morgan fingerprint density at radius 2 is 1.78 bits per heavy atom. The summed E-state index contributed by atoms with van der Waals surface area (Å²) in [6.45, 7) is 11.6. The van der Waals surface area contributed by atoms with Gasteiger partial charge < -0.3 is 10.1 Å². The molecule has 1 fully saturated rings. The molecule has 2 atom stereocenters. The molecule has 2 aromatic carbocycles. The molecule has 8 heteroatoms. The van der Waals surface area contributed by atoms with E-state index < -0.39 is 0 Å². The van der Waals surface area contributed by atoms with E-state index >= 15 is 0 Å². The third-order valence-corrected chi connectivity index (χ3v) is 6.55. The highest BCUT2D eigenvalue weighted by Crippen LogP contribution is 2.29. The molecule has 0 aliphatic carbocycles. The SMILES string of the molecule is COCCN1C[C@@H](NC(=O)Nc2cc(C(C)(C)C)nn2-c2ccc(C)cc2)[C@H](c2ccccc2)C1.Cl. The number of nitrogens with one attached hydrogen (secondary N) is 2. The van der Waals surface area contributed by atoms with Gasteiger partial charge in [0.05, 0.1) is 24.0 Å². The first-order valence-corrected chi connectivity index (χ1v) is 12.3. The number of hydrogen-bond donors (Lipinski definition) is 2. The van der Waals surface area contributed by atoms with Gasteiger partial charge in [0, 0.05) is 44.1 Å². The van der Waals surface area contributed by atoms with Crippen LogP contribution in [-0.2, 0) is 10.2 Å². The number of amides is 2. The van der Waals surface area contributed by atoms with E-state index in [0.29, 0.717) is 12.4 Å². The Balaban J connectivity index is 0.00000361. The second-order valence-corrected chi connectivity index (χ2v) is 10.4. The predicted octanol–water partition coefficient (Wildman–Crippen LogP) is 5.14. The molecule has 2 N–H and O–H groups in total. The Morgan fingerprint density at radius 1 is 1.08 bits per heavy atom. The molecule has 0 spiro atoms. The normalized spacial score (nSPS) is 18.0. The smallest absolute Gasteiger partial charge is 0.320 e. The van der Waals surface area contributed by atoms with Crippen molar-refractivity contribution in [2.75, 3.05) is 38.7 Å². The van der Waals surface area contributed by atoms with Crippen LogP contribution < -0.4 is 10.6 Å². The number of anilines is 1. The van der Waals surface area contributed by atoms with Crippen molar-refractivity contribution in [1.29, 1.82) is 0 Å². The average Bonchev–Trinajstić information content (AvgIpc) is 3.43. The van der Waals surface area contributed by atoms with Crippen molar-refractivity contribution in [1.82, 2.24) is 20.0 Å². The molecule has 1 aliphatic heterocycles. The number of benzene rings is 2. The van der Waals surface area contributed by atoms with Crippen molar-refractivity contribution in [3.63, 3.8) is 0 Å². The quantitative estimate of drug-likeness (QED) is 0.461. The Morgan fingerprint density at radius 3 is 2.42 bits per heavy atom. The van der Waals surface area contributed by atoms with Gasteiger partial charge in [-0.25, -0.2) is 9.48 Å². The topological polar surface area (TPSA) is 71.4 Å². The second kappa shape index (κ2) is 11.9. The molecule has 3 aromatic rings. The van der Waals surface area contributed by atoms with Crippen LogP contribution in [-0.4, -0.2) is 60.1 Å². The van der Waals surface area contributed by atoms with Crippen molar-refractivity contribution >= 4 is 24.3 Å². The van der Waals surface area contributed by atoms with Gasteiger partial charge in [0.1, 0.15) is 5.82 Å². The molecule has 0 saturated carbocycles. The predicted molar refractivity (Wildman–Crippen MR) is 148 cm³/mol. The van der Waals surface area contributed by atoms with Crippen LogP contribution >= 0.6 is 12.4 Å². The summed E-state index contributed by atoms with van der Waals surface area (Å²) < 4.78 is 7.09. The fraction of sp³-hybridized carbons (Fsp3) is 0.429. The van der Waals surface area contributed by atoms with E-state index in [1.54, 1.807) is 7.11 Å². The van der Waals surface area contributed by atoms with Gasteiger partial charge in [0.15, 0.2) is 0 Å². The van der Waals surface area contributed by atoms with Gasteiger partial charge in [-0.1, -0.05) is 68.8 Å². The summed E-state index contributed by atoms with van der Waals surface area (Å²) in [5.74, 6) is 0.868. The maximum absolute atomic E-state index is 13.3. The molecule has 194 valence electrons. The van der Waals surface area contributed by atoms with Gasteiger partial charge in [-0.15, -0.1) is 12.4 Å². The van der Waals surface area contributed by atoms with Crippen LogP contribution in [0, 0.1) is 6.92 Å². The summed E-state index contributed by atoms with van der Waals surface area (Å²) in [6, 6.07) is 20.3. The Hall–Kier alpha value is -2.87. The zero-order chi connectivity index (χ0) is 25.0. The van der Waals surface area contributed by atoms with E-state index in [1.807, 2.05) is 28.9 Å². The third kappa shape index (κ3) is 6.66. The minimum Gasteiger partial charge on any atom is -0.383 e. The Kier molecular flexibility index (Phi) is 9.17. The minimum absolute atomic E-state index is 0. The lowest BCUT2D eigenvalue weighted by Gasteiger charge is -2.20. The van der Waals surface area contributed by atoms with Crippen molar-refractivity contribution < 1.29 is 9.53 Å². The highest BCUT2D eigenvalue weighted by atomic mass is 35.5. The Labute approximate surface area is 220 Å². The molecule has 36 heavy (non-hydrogen) atoms. The summed E-state index contributed by atoms with van der Waals surface area (Å²) in [7, 11) is 1.72. The van der Waals surface area contributed by atoms with Crippen LogP contribution in [0.15, 0.2) is 60.7 Å². The van der Waals surface area contributed by atoms with Crippen LogP contribution in [0.3, 0.4) is 0 Å². The molecule has 0 bridgehead atoms. The van der Waals surface area contributed by atoms with E-state index in [0.717, 1.165) is 31.0 Å². The molecular weight excluding hydrogens is 474 g/mol. The summed E-state index contributed by atoms with van der Waals surface area (Å²) >= 11 is 0. The van der Waals surface area contributed by atoms with Gasteiger partial charge in [0.2, 0.25) is 0 Å². The first kappa shape index (κ1) is 27.7. The van der Waals surface area contributed by atoms with Gasteiger partial charge in [-0.2, -0.15) is 5.10 Å². The number of ether oxygens (including phenoxy) is 1. The molecule has 0 radical (unpaired) electrons. The highest BCUT2D eigenvalue weighted by Gasteiger charge is 2.34. The number of nitrogens with zero attached hydrogens (tertiary/aromatic N) is 3. The number of likely N-dealkylation sites (tertiary alicyclic amines) is 1. The van der Waals surface area contributed by atoms with Crippen molar-refractivity contribution in [2.24, 2.45) is 0 Å². The summed E-state index contributed by atoms with van der Waals surface area (Å²) in [6.07, 6.45) is 0. The monoisotopic (exact) mass is 511 g/mol. The maximum Gasteiger partial charge on any atom is 0.320 e. The number of rotatable bonds is 7. The van der Waals surface area contributed by atoms with Gasteiger partial charge in [0.25, 0.3) is 0 Å². The number of aromatic nitrogens is 2. The second-order valence-electron chi connectivity index (χ2n) is 10.4.